The molecule has 3 rings (SSSR count). The maximum Gasteiger partial charge on any atom is 0.416 e. The molecule has 0 aliphatic carbocycles. The fourth-order valence-corrected chi connectivity index (χ4v) is 2.90. The third-order valence-corrected chi connectivity index (χ3v) is 4.55. The monoisotopic (exact) mass is 430 g/mol. The highest BCUT2D eigenvalue weighted by Crippen LogP contribution is 2.30. The normalized spacial score (nSPS) is 13.4. The number of halogens is 3. The van der Waals surface area contributed by atoms with Crippen molar-refractivity contribution >= 4 is 11.9 Å². The van der Waals surface area contributed by atoms with Crippen LogP contribution in [0.15, 0.2) is 71.2 Å². The van der Waals surface area contributed by atoms with Crippen molar-refractivity contribution in [3.8, 4) is 0 Å². The quantitative estimate of drug-likeness (QED) is 0.394. The van der Waals surface area contributed by atoms with E-state index in [9.17, 15) is 13.2 Å². The number of hydrogen-bond acceptors (Lipinski definition) is 5. The second-order valence-electron chi connectivity index (χ2n) is 6.67. The Morgan fingerprint density at radius 2 is 1.84 bits per heavy atom. The van der Waals surface area contributed by atoms with Gasteiger partial charge in [0.25, 0.3) is 0 Å². The highest BCUT2D eigenvalue weighted by atomic mass is 19.4. The van der Waals surface area contributed by atoms with Crippen LogP contribution in [0, 0.1) is 0 Å². The zero-order valence-electron chi connectivity index (χ0n) is 17.2. The topological polar surface area (TPSA) is 61.0 Å². The molecule has 3 aromatic rings. The van der Waals surface area contributed by atoms with Gasteiger partial charge in [0.2, 0.25) is 0 Å². The van der Waals surface area contributed by atoms with Gasteiger partial charge in [0.05, 0.1) is 11.8 Å². The molecule has 0 bridgehead atoms. The molecule has 2 aromatic carbocycles. The van der Waals surface area contributed by atoms with Crippen LogP contribution in [0.5, 0.6) is 0 Å². The maximum absolute atomic E-state index is 12.7. The minimum absolute atomic E-state index is 0.521. The van der Waals surface area contributed by atoms with Crippen molar-refractivity contribution in [1.82, 2.24) is 9.55 Å². The molecule has 31 heavy (non-hydrogen) atoms. The molecule has 0 aliphatic rings. The van der Waals surface area contributed by atoms with Crippen molar-refractivity contribution in [3.05, 3.63) is 89.0 Å². The van der Waals surface area contributed by atoms with E-state index in [1.807, 2.05) is 35.9 Å². The molecule has 0 saturated carbocycles. The Balaban J connectivity index is 1.79. The molecule has 1 unspecified atom stereocenters. The van der Waals surface area contributed by atoms with Crippen LogP contribution in [-0.4, -0.2) is 28.6 Å². The number of hydrogen-bond donors (Lipinski definition) is 0. The number of nitrogens with zero attached hydrogens (tertiary/aromatic N) is 4. The number of benzene rings is 2. The molecule has 162 valence electrons. The van der Waals surface area contributed by atoms with Crippen LogP contribution in [0.4, 0.5) is 13.2 Å². The van der Waals surface area contributed by atoms with E-state index in [1.54, 1.807) is 19.3 Å². The Bertz CT molecular complexity index is 1070. The van der Waals surface area contributed by atoms with Crippen molar-refractivity contribution in [3.63, 3.8) is 0 Å². The van der Waals surface area contributed by atoms with Crippen LogP contribution < -0.4 is 0 Å². The van der Waals surface area contributed by atoms with Crippen molar-refractivity contribution < 1.29 is 22.8 Å². The minimum Gasteiger partial charge on any atom is -0.399 e. The van der Waals surface area contributed by atoms with Crippen LogP contribution in [-0.2, 0) is 22.9 Å². The summed E-state index contributed by atoms with van der Waals surface area (Å²) in [6.07, 6.45) is 0.0637. The van der Waals surface area contributed by atoms with Gasteiger partial charge in [-0.1, -0.05) is 46.7 Å². The number of oxime groups is 2. The predicted octanol–water partition coefficient (Wildman–Crippen LogP) is 4.95. The molecular formula is C22H21F3N4O2. The van der Waals surface area contributed by atoms with Gasteiger partial charge in [-0.3, -0.25) is 0 Å². The van der Waals surface area contributed by atoms with E-state index in [0.717, 1.165) is 17.7 Å². The highest BCUT2D eigenvalue weighted by Gasteiger charge is 2.30. The molecule has 0 N–H and O–H groups in total. The van der Waals surface area contributed by atoms with Gasteiger partial charge in [-0.25, -0.2) is 4.98 Å². The summed E-state index contributed by atoms with van der Waals surface area (Å²) in [5.74, 6) is 0.613. The first-order valence-corrected chi connectivity index (χ1v) is 9.36. The molecule has 1 aromatic heterocycles. The molecule has 0 amide bonds. The Morgan fingerprint density at radius 1 is 1.13 bits per heavy atom. The van der Waals surface area contributed by atoms with Gasteiger partial charge < -0.3 is 14.2 Å². The fraction of sp³-hybridized carbons (Fsp3) is 0.227. The second kappa shape index (κ2) is 9.46. The lowest BCUT2D eigenvalue weighted by molar-refractivity contribution is -0.137. The SMILES string of the molecule is CO/N=C(\c1ccccc1/C=N/OC(C)c1ccc(C(F)(F)F)cc1)c1nccn1C. The standard InChI is InChI=1S/C22H21F3N4O2/c1-15(16-8-10-18(11-9-16)22(23,24)25)31-27-14-17-6-4-5-7-19(17)20(28-30-3)21-26-12-13-29(21)2/h4-15H,1-3H3/b27-14+,28-20+. The summed E-state index contributed by atoms with van der Waals surface area (Å²) in [4.78, 5) is 14.8. The average Bonchev–Trinajstić information content (AvgIpc) is 3.17. The van der Waals surface area contributed by atoms with Gasteiger partial charge >= 0.3 is 6.18 Å². The van der Waals surface area contributed by atoms with Crippen LogP contribution in [0.2, 0.25) is 0 Å². The molecule has 0 saturated heterocycles. The number of aryl methyl sites for hydroxylation is 1. The van der Waals surface area contributed by atoms with E-state index in [2.05, 4.69) is 15.3 Å². The van der Waals surface area contributed by atoms with Crippen molar-refractivity contribution in [2.75, 3.05) is 7.11 Å². The van der Waals surface area contributed by atoms with E-state index < -0.39 is 17.8 Å². The largest absolute Gasteiger partial charge is 0.416 e. The molecule has 6 nitrogen and oxygen atoms in total. The predicted molar refractivity (Wildman–Crippen MR) is 111 cm³/mol. The Hall–Kier alpha value is -3.62. The van der Waals surface area contributed by atoms with Crippen LogP contribution in [0.25, 0.3) is 0 Å². The fourth-order valence-electron chi connectivity index (χ4n) is 2.90. The lowest BCUT2D eigenvalue weighted by Gasteiger charge is -2.12. The van der Waals surface area contributed by atoms with Gasteiger partial charge in [-0.15, -0.1) is 0 Å². The van der Waals surface area contributed by atoms with E-state index in [0.29, 0.717) is 22.7 Å². The molecular weight excluding hydrogens is 409 g/mol. The molecule has 0 spiro atoms. The molecule has 0 radical (unpaired) electrons. The minimum atomic E-state index is -4.38. The number of alkyl halides is 3. The first kappa shape index (κ1) is 22.1. The van der Waals surface area contributed by atoms with Crippen LogP contribution in [0.3, 0.4) is 0 Å². The lowest BCUT2D eigenvalue weighted by Crippen LogP contribution is -2.13. The van der Waals surface area contributed by atoms with E-state index >= 15 is 0 Å². The summed E-state index contributed by atoms with van der Waals surface area (Å²) in [6.45, 7) is 1.71. The first-order valence-electron chi connectivity index (χ1n) is 9.36. The van der Waals surface area contributed by atoms with Gasteiger partial charge in [0.1, 0.15) is 13.2 Å². The summed E-state index contributed by atoms with van der Waals surface area (Å²) in [5.41, 5.74) is 1.83. The number of aromatic nitrogens is 2. The number of imidazole rings is 1. The third kappa shape index (κ3) is 5.30. The Labute approximate surface area is 177 Å². The van der Waals surface area contributed by atoms with Gasteiger partial charge in [-0.05, 0) is 24.6 Å². The summed E-state index contributed by atoms with van der Waals surface area (Å²) in [6, 6.07) is 12.2. The Kier molecular flexibility index (Phi) is 6.74. The van der Waals surface area contributed by atoms with Crippen LogP contribution in [0.1, 0.15) is 41.1 Å². The van der Waals surface area contributed by atoms with Crippen LogP contribution >= 0.6 is 0 Å². The van der Waals surface area contributed by atoms with E-state index in [-0.39, 0.29) is 0 Å². The third-order valence-electron chi connectivity index (χ3n) is 4.55. The van der Waals surface area contributed by atoms with Crippen molar-refractivity contribution in [2.45, 2.75) is 19.2 Å². The first-order chi connectivity index (χ1) is 14.8. The average molecular weight is 430 g/mol. The molecule has 9 heteroatoms. The lowest BCUT2D eigenvalue weighted by atomic mass is 10.0. The smallest absolute Gasteiger partial charge is 0.399 e. The summed E-state index contributed by atoms with van der Waals surface area (Å²) in [5, 5.41) is 8.14. The zero-order chi connectivity index (χ0) is 22.4. The zero-order valence-corrected chi connectivity index (χ0v) is 17.2. The van der Waals surface area contributed by atoms with Gasteiger partial charge in [0, 0.05) is 30.6 Å². The molecule has 1 heterocycles. The summed E-state index contributed by atoms with van der Waals surface area (Å²) < 4.78 is 40.0. The summed E-state index contributed by atoms with van der Waals surface area (Å²) in [7, 11) is 3.30. The highest BCUT2D eigenvalue weighted by molar-refractivity contribution is 6.14. The molecule has 0 aliphatic heterocycles. The van der Waals surface area contributed by atoms with Gasteiger partial charge in [0.15, 0.2) is 11.5 Å². The van der Waals surface area contributed by atoms with E-state index in [1.165, 1.54) is 25.5 Å². The molecule has 1 atom stereocenters. The second-order valence-corrected chi connectivity index (χ2v) is 6.67. The summed E-state index contributed by atoms with van der Waals surface area (Å²) >= 11 is 0. The maximum atomic E-state index is 12.7. The van der Waals surface area contributed by atoms with E-state index in [4.69, 9.17) is 9.68 Å². The number of rotatable bonds is 7. The van der Waals surface area contributed by atoms with Crippen molar-refractivity contribution in [1.29, 1.82) is 0 Å². The van der Waals surface area contributed by atoms with Crippen molar-refractivity contribution in [2.24, 2.45) is 17.4 Å². The Morgan fingerprint density at radius 3 is 2.45 bits per heavy atom. The van der Waals surface area contributed by atoms with Gasteiger partial charge in [-0.2, -0.15) is 13.2 Å². The molecule has 0 fully saturated rings.